The smallest absolute Gasteiger partial charge is 0.335 e. The molecule has 0 aromatic heterocycles. The van der Waals surface area contributed by atoms with Crippen molar-refractivity contribution in [1.29, 1.82) is 0 Å². The van der Waals surface area contributed by atoms with Crippen molar-refractivity contribution in [2.45, 2.75) is 0 Å². The highest BCUT2D eigenvalue weighted by Crippen LogP contribution is 2.36. The van der Waals surface area contributed by atoms with Crippen LogP contribution in [-0.2, 0) is 0 Å². The van der Waals surface area contributed by atoms with E-state index in [1.807, 2.05) is 0 Å². The van der Waals surface area contributed by atoms with Crippen molar-refractivity contribution < 1.29 is 19.6 Å². The molecule has 0 spiro atoms. The second-order valence-corrected chi connectivity index (χ2v) is 5.24. The minimum atomic E-state index is -1.21. The molecule has 0 aliphatic rings. The molecule has 0 heterocycles. The van der Waals surface area contributed by atoms with Crippen molar-refractivity contribution in [2.24, 2.45) is 0 Å². The highest BCUT2D eigenvalue weighted by Gasteiger charge is 2.19. The summed E-state index contributed by atoms with van der Waals surface area (Å²) in [5, 5.41) is 20.1. The number of hydrogen-bond acceptors (Lipinski definition) is 4. The van der Waals surface area contributed by atoms with Crippen LogP contribution in [0.25, 0.3) is 0 Å². The molecule has 2 rings (SSSR count). The Balaban J connectivity index is 2.48. The van der Waals surface area contributed by atoms with E-state index in [9.17, 15) is 14.9 Å². The molecule has 0 aliphatic heterocycles. The van der Waals surface area contributed by atoms with E-state index in [0.717, 1.165) is 18.2 Å². The molecule has 0 bridgehead atoms. The molecule has 0 unspecified atom stereocenters. The molecule has 0 atom stereocenters. The van der Waals surface area contributed by atoms with Crippen LogP contribution in [0.2, 0.25) is 5.02 Å². The number of rotatable bonds is 4. The van der Waals surface area contributed by atoms with Gasteiger partial charge < -0.3 is 9.84 Å². The number of nitro benzene ring substituents is 1. The molecule has 8 heteroatoms. The van der Waals surface area contributed by atoms with Gasteiger partial charge in [-0.25, -0.2) is 4.79 Å². The van der Waals surface area contributed by atoms with E-state index in [0.29, 0.717) is 4.47 Å². The number of ether oxygens (including phenoxy) is 1. The summed E-state index contributed by atoms with van der Waals surface area (Å²) >= 11 is 9.20. The maximum absolute atomic E-state index is 11.0. The Morgan fingerprint density at radius 1 is 1.24 bits per heavy atom. The lowest BCUT2D eigenvalue weighted by molar-refractivity contribution is -0.385. The van der Waals surface area contributed by atoms with Gasteiger partial charge in [0.25, 0.3) is 0 Å². The quantitative estimate of drug-likeness (QED) is 0.630. The minimum absolute atomic E-state index is 0.121. The van der Waals surface area contributed by atoms with Crippen molar-refractivity contribution in [1.82, 2.24) is 0 Å². The summed E-state index contributed by atoms with van der Waals surface area (Å²) in [5.41, 5.74) is -0.470. The fourth-order valence-corrected chi connectivity index (χ4v) is 2.27. The largest absolute Gasteiger partial charge is 0.478 e. The van der Waals surface area contributed by atoms with E-state index in [2.05, 4.69) is 15.9 Å². The predicted octanol–water partition coefficient (Wildman–Crippen LogP) is 4.50. The molecule has 1 N–H and O–H groups in total. The van der Waals surface area contributed by atoms with Crippen molar-refractivity contribution in [3.63, 3.8) is 0 Å². The van der Waals surface area contributed by atoms with E-state index >= 15 is 0 Å². The van der Waals surface area contributed by atoms with Crippen LogP contribution in [0.1, 0.15) is 10.4 Å². The summed E-state index contributed by atoms with van der Waals surface area (Å²) in [6.07, 6.45) is 0. The van der Waals surface area contributed by atoms with Crippen LogP contribution in [0.5, 0.6) is 11.5 Å². The maximum atomic E-state index is 11.0. The Labute approximate surface area is 132 Å². The molecule has 0 saturated carbocycles. The molecule has 2 aromatic carbocycles. The lowest BCUT2D eigenvalue weighted by Gasteiger charge is -2.09. The van der Waals surface area contributed by atoms with Crippen LogP contribution < -0.4 is 4.74 Å². The van der Waals surface area contributed by atoms with Gasteiger partial charge in [-0.1, -0.05) is 27.5 Å². The molecule has 0 aliphatic carbocycles. The normalized spacial score (nSPS) is 10.2. The third-order valence-electron chi connectivity index (χ3n) is 2.52. The minimum Gasteiger partial charge on any atom is -0.478 e. The molecule has 2 aromatic rings. The first-order chi connectivity index (χ1) is 9.88. The summed E-state index contributed by atoms with van der Waals surface area (Å²) in [6.45, 7) is 0. The van der Waals surface area contributed by atoms with Crippen LogP contribution in [0.15, 0.2) is 40.9 Å². The molecule has 0 amide bonds. The van der Waals surface area contributed by atoms with Crippen LogP contribution in [0.4, 0.5) is 5.69 Å². The van der Waals surface area contributed by atoms with Crippen molar-refractivity contribution >= 4 is 39.2 Å². The zero-order chi connectivity index (χ0) is 15.6. The molecular weight excluding hydrogens is 366 g/mol. The Morgan fingerprint density at radius 2 is 1.95 bits per heavy atom. The molecular formula is C13H7BrClNO5. The first-order valence-electron chi connectivity index (χ1n) is 5.53. The number of halogens is 2. The van der Waals surface area contributed by atoms with E-state index in [-0.39, 0.29) is 27.8 Å². The van der Waals surface area contributed by atoms with Gasteiger partial charge in [0.1, 0.15) is 5.75 Å². The second-order valence-electron chi connectivity index (χ2n) is 3.92. The summed E-state index contributed by atoms with van der Waals surface area (Å²) in [4.78, 5) is 21.3. The molecule has 108 valence electrons. The highest BCUT2D eigenvalue weighted by molar-refractivity contribution is 9.10. The van der Waals surface area contributed by atoms with Crippen LogP contribution in [-0.4, -0.2) is 16.0 Å². The molecule has 0 saturated heterocycles. The highest BCUT2D eigenvalue weighted by atomic mass is 79.9. The third-order valence-corrected chi connectivity index (χ3v) is 3.31. The van der Waals surface area contributed by atoms with Gasteiger partial charge in [0.05, 0.1) is 15.5 Å². The van der Waals surface area contributed by atoms with Gasteiger partial charge in [0.2, 0.25) is 5.75 Å². The average Bonchev–Trinajstić information content (AvgIpc) is 2.41. The fourth-order valence-electron chi connectivity index (χ4n) is 1.56. The zero-order valence-corrected chi connectivity index (χ0v) is 12.6. The topological polar surface area (TPSA) is 89.7 Å². The van der Waals surface area contributed by atoms with Crippen molar-refractivity contribution in [3.8, 4) is 11.5 Å². The fraction of sp³-hybridized carbons (Fsp3) is 0. The number of benzene rings is 2. The number of carboxylic acids is 1. The van der Waals surface area contributed by atoms with Crippen molar-refractivity contribution in [2.75, 3.05) is 0 Å². The van der Waals surface area contributed by atoms with E-state index in [1.54, 1.807) is 12.1 Å². The van der Waals surface area contributed by atoms with Crippen LogP contribution in [0.3, 0.4) is 0 Å². The third kappa shape index (κ3) is 3.50. The molecule has 6 nitrogen and oxygen atoms in total. The predicted molar refractivity (Wildman–Crippen MR) is 79.3 cm³/mol. The molecule has 0 fully saturated rings. The van der Waals surface area contributed by atoms with Gasteiger partial charge in [-0.05, 0) is 24.3 Å². The van der Waals surface area contributed by atoms with E-state index in [4.69, 9.17) is 21.4 Å². The maximum Gasteiger partial charge on any atom is 0.335 e. The monoisotopic (exact) mass is 371 g/mol. The first kappa shape index (κ1) is 15.3. The van der Waals surface area contributed by atoms with Crippen LogP contribution in [0, 0.1) is 10.1 Å². The Kier molecular flexibility index (Phi) is 4.44. The molecule has 21 heavy (non-hydrogen) atoms. The number of carboxylic acid groups (broad SMARTS) is 1. The average molecular weight is 373 g/mol. The Hall–Kier alpha value is -2.12. The Morgan fingerprint density at radius 3 is 2.52 bits per heavy atom. The summed E-state index contributed by atoms with van der Waals surface area (Å²) in [7, 11) is 0. The summed E-state index contributed by atoms with van der Waals surface area (Å²) in [6, 6.07) is 8.02. The van der Waals surface area contributed by atoms with Gasteiger partial charge in [-0.15, -0.1) is 0 Å². The number of aromatic carboxylic acids is 1. The summed E-state index contributed by atoms with van der Waals surface area (Å²) in [5.74, 6) is -1.22. The number of hydrogen-bond donors (Lipinski definition) is 1. The summed E-state index contributed by atoms with van der Waals surface area (Å²) < 4.78 is 6.11. The van der Waals surface area contributed by atoms with Crippen molar-refractivity contribution in [3.05, 3.63) is 61.6 Å². The van der Waals surface area contributed by atoms with Gasteiger partial charge in [-0.3, -0.25) is 10.1 Å². The Bertz CT molecular complexity index is 734. The number of nitrogens with zero attached hydrogens (tertiary/aromatic N) is 1. The standard InChI is InChI=1S/C13H7BrClNO5/c14-8-2-4-11(9(15)6-8)21-12-5-7(13(17)18)1-3-10(12)16(19)20/h1-6H,(H,17,18). The zero-order valence-electron chi connectivity index (χ0n) is 10.2. The van der Waals surface area contributed by atoms with E-state index in [1.165, 1.54) is 6.07 Å². The van der Waals surface area contributed by atoms with Gasteiger partial charge in [0.15, 0.2) is 0 Å². The lowest BCUT2D eigenvalue weighted by atomic mass is 10.2. The van der Waals surface area contributed by atoms with Gasteiger partial charge >= 0.3 is 11.7 Å². The van der Waals surface area contributed by atoms with Gasteiger partial charge in [0, 0.05) is 16.6 Å². The van der Waals surface area contributed by atoms with Crippen LogP contribution >= 0.6 is 27.5 Å². The number of carbonyl (C=O) groups is 1. The van der Waals surface area contributed by atoms with E-state index < -0.39 is 10.9 Å². The SMILES string of the molecule is O=C(O)c1ccc([N+](=O)[O-])c(Oc2ccc(Br)cc2Cl)c1. The molecule has 0 radical (unpaired) electrons. The lowest BCUT2D eigenvalue weighted by Crippen LogP contribution is -1.99. The second kappa shape index (κ2) is 6.11. The number of nitro groups is 1. The van der Waals surface area contributed by atoms with Gasteiger partial charge in [-0.2, -0.15) is 0 Å². The first-order valence-corrected chi connectivity index (χ1v) is 6.70.